The first-order valence-corrected chi connectivity index (χ1v) is 9.72. The summed E-state index contributed by atoms with van der Waals surface area (Å²) in [6.07, 6.45) is 7.83. The van der Waals surface area contributed by atoms with Crippen LogP contribution in [0.25, 0.3) is 0 Å². The summed E-state index contributed by atoms with van der Waals surface area (Å²) in [6.45, 7) is 4.10. The van der Waals surface area contributed by atoms with E-state index < -0.39 is 0 Å². The van der Waals surface area contributed by atoms with Crippen LogP contribution in [0.1, 0.15) is 35.6 Å². The average molecular weight is 354 g/mol. The molecule has 0 N–H and O–H groups in total. The lowest BCUT2D eigenvalue weighted by Gasteiger charge is -2.40. The molecule has 1 fully saturated rings. The van der Waals surface area contributed by atoms with E-state index in [9.17, 15) is 0 Å². The van der Waals surface area contributed by atoms with Crippen molar-refractivity contribution >= 4 is 0 Å². The minimum atomic E-state index is 0.466. The van der Waals surface area contributed by atoms with Gasteiger partial charge in [0.05, 0.1) is 12.8 Å². The van der Waals surface area contributed by atoms with Crippen molar-refractivity contribution in [3.8, 4) is 5.75 Å². The van der Waals surface area contributed by atoms with Gasteiger partial charge in [-0.2, -0.15) is 5.10 Å². The van der Waals surface area contributed by atoms with Crippen molar-refractivity contribution in [2.45, 2.75) is 31.8 Å². The van der Waals surface area contributed by atoms with Gasteiger partial charge in [-0.3, -0.25) is 9.58 Å². The highest BCUT2D eigenvalue weighted by molar-refractivity contribution is 5.39. The van der Waals surface area contributed by atoms with Crippen molar-refractivity contribution < 1.29 is 4.74 Å². The van der Waals surface area contributed by atoms with E-state index in [4.69, 9.17) is 4.74 Å². The van der Waals surface area contributed by atoms with Crippen molar-refractivity contribution in [3.05, 3.63) is 47.3 Å². The summed E-state index contributed by atoms with van der Waals surface area (Å²) in [4.78, 5) is 4.98. The van der Waals surface area contributed by atoms with Gasteiger partial charge in [0.15, 0.2) is 0 Å². The molecule has 0 amide bonds. The molecule has 2 atom stereocenters. The highest BCUT2D eigenvalue weighted by atomic mass is 16.5. The summed E-state index contributed by atoms with van der Waals surface area (Å²) < 4.78 is 7.55. The number of rotatable bonds is 5. The van der Waals surface area contributed by atoms with Gasteiger partial charge in [0.2, 0.25) is 0 Å². The molecule has 0 unspecified atom stereocenters. The van der Waals surface area contributed by atoms with Gasteiger partial charge in [0.25, 0.3) is 0 Å². The number of piperidine rings is 1. The number of nitrogens with zero attached hydrogens (tertiary/aromatic N) is 4. The molecule has 2 aliphatic heterocycles. The molecule has 3 heterocycles. The van der Waals surface area contributed by atoms with Gasteiger partial charge in [-0.15, -0.1) is 0 Å². The third-order valence-electron chi connectivity index (χ3n) is 5.83. The Balaban J connectivity index is 1.44. The maximum absolute atomic E-state index is 5.63. The van der Waals surface area contributed by atoms with E-state index in [1.807, 2.05) is 17.9 Å². The van der Waals surface area contributed by atoms with Crippen molar-refractivity contribution in [2.24, 2.45) is 13.0 Å². The minimum absolute atomic E-state index is 0.466. The van der Waals surface area contributed by atoms with E-state index in [0.717, 1.165) is 31.9 Å². The Morgan fingerprint density at radius 3 is 3.00 bits per heavy atom. The van der Waals surface area contributed by atoms with Gasteiger partial charge in [0, 0.05) is 44.4 Å². The van der Waals surface area contributed by atoms with E-state index in [1.54, 1.807) is 0 Å². The molecule has 1 aromatic carbocycles. The molecule has 0 saturated carbocycles. The summed E-state index contributed by atoms with van der Waals surface area (Å²) in [6, 6.07) is 7.14. The van der Waals surface area contributed by atoms with Crippen LogP contribution in [0, 0.1) is 5.92 Å². The Labute approximate surface area is 156 Å². The smallest absolute Gasteiger partial charge is 0.122 e. The molecule has 0 spiro atoms. The molecule has 0 bridgehead atoms. The number of likely N-dealkylation sites (tertiary alicyclic amines) is 1. The molecule has 26 heavy (non-hydrogen) atoms. The standard InChI is InChI=1S/C21H30N4O/c1-23(13-16-6-7-20-17(11-16)8-10-26-20)14-18-5-4-9-24(2)21(18)19-12-22-25(3)15-19/h6-7,11-12,15,18,21H,4-5,8-10,13-14H2,1-3H3/t18-,21+/m0/s1. The quantitative estimate of drug-likeness (QED) is 0.827. The normalized spacial score (nSPS) is 23.2. The molecule has 2 aliphatic rings. The molecular formula is C21H30N4O. The number of ether oxygens (including phenoxy) is 1. The SMILES string of the molecule is CN(Cc1ccc2c(c1)CCO2)C[C@@H]1CCCN(C)[C@H]1c1cnn(C)c1. The number of hydrogen-bond acceptors (Lipinski definition) is 4. The zero-order valence-electron chi connectivity index (χ0n) is 16.2. The highest BCUT2D eigenvalue weighted by Crippen LogP contribution is 2.35. The Morgan fingerprint density at radius 1 is 1.31 bits per heavy atom. The third kappa shape index (κ3) is 3.64. The monoisotopic (exact) mass is 354 g/mol. The van der Waals surface area contributed by atoms with Crippen LogP contribution in [0.4, 0.5) is 0 Å². The molecule has 4 rings (SSSR count). The number of benzene rings is 1. The van der Waals surface area contributed by atoms with Crippen LogP contribution >= 0.6 is 0 Å². The van der Waals surface area contributed by atoms with E-state index in [2.05, 4.69) is 53.4 Å². The van der Waals surface area contributed by atoms with Crippen LogP contribution in [0.5, 0.6) is 5.75 Å². The van der Waals surface area contributed by atoms with Gasteiger partial charge < -0.3 is 9.64 Å². The number of aromatic nitrogens is 2. The van der Waals surface area contributed by atoms with Crippen molar-refractivity contribution in [1.29, 1.82) is 0 Å². The molecule has 0 aliphatic carbocycles. The van der Waals surface area contributed by atoms with Crippen LogP contribution in [-0.2, 0) is 20.0 Å². The van der Waals surface area contributed by atoms with E-state index >= 15 is 0 Å². The fourth-order valence-corrected chi connectivity index (χ4v) is 4.69. The van der Waals surface area contributed by atoms with E-state index in [1.165, 1.54) is 36.1 Å². The Kier molecular flexibility index (Phi) is 5.00. The number of hydrogen-bond donors (Lipinski definition) is 0. The lowest BCUT2D eigenvalue weighted by atomic mass is 9.85. The van der Waals surface area contributed by atoms with Crippen molar-refractivity contribution in [2.75, 3.05) is 33.8 Å². The predicted molar refractivity (Wildman–Crippen MR) is 103 cm³/mol. The molecule has 1 saturated heterocycles. The van der Waals surface area contributed by atoms with Gasteiger partial charge >= 0.3 is 0 Å². The predicted octanol–water partition coefficient (Wildman–Crippen LogP) is 2.87. The summed E-state index contributed by atoms with van der Waals surface area (Å²) >= 11 is 0. The largest absolute Gasteiger partial charge is 0.493 e. The van der Waals surface area contributed by atoms with E-state index in [-0.39, 0.29) is 0 Å². The van der Waals surface area contributed by atoms with Crippen LogP contribution in [0.2, 0.25) is 0 Å². The molecule has 140 valence electrons. The molecule has 5 nitrogen and oxygen atoms in total. The highest BCUT2D eigenvalue weighted by Gasteiger charge is 2.32. The lowest BCUT2D eigenvalue weighted by molar-refractivity contribution is 0.0926. The number of fused-ring (bicyclic) bond motifs is 1. The zero-order chi connectivity index (χ0) is 18.1. The summed E-state index contributed by atoms with van der Waals surface area (Å²) in [7, 11) is 6.51. The van der Waals surface area contributed by atoms with Crippen LogP contribution in [0.15, 0.2) is 30.6 Å². The second-order valence-corrected chi connectivity index (χ2v) is 8.01. The maximum Gasteiger partial charge on any atom is 0.122 e. The lowest BCUT2D eigenvalue weighted by Crippen LogP contribution is -2.40. The van der Waals surface area contributed by atoms with E-state index in [0.29, 0.717) is 12.0 Å². The minimum Gasteiger partial charge on any atom is -0.493 e. The van der Waals surface area contributed by atoms with Gasteiger partial charge in [-0.05, 0) is 56.6 Å². The third-order valence-corrected chi connectivity index (χ3v) is 5.83. The fourth-order valence-electron chi connectivity index (χ4n) is 4.69. The summed E-state index contributed by atoms with van der Waals surface area (Å²) in [5.41, 5.74) is 4.10. The average Bonchev–Trinajstić information content (AvgIpc) is 3.23. The first-order chi connectivity index (χ1) is 12.6. The molecule has 1 aromatic heterocycles. The fraction of sp³-hybridized carbons (Fsp3) is 0.571. The molecule has 2 aromatic rings. The molecule has 0 radical (unpaired) electrons. The Hall–Kier alpha value is -1.85. The second kappa shape index (κ2) is 7.41. The first kappa shape index (κ1) is 17.6. The van der Waals surface area contributed by atoms with Crippen molar-refractivity contribution in [1.82, 2.24) is 19.6 Å². The first-order valence-electron chi connectivity index (χ1n) is 9.72. The maximum atomic E-state index is 5.63. The zero-order valence-corrected chi connectivity index (χ0v) is 16.2. The van der Waals surface area contributed by atoms with Crippen molar-refractivity contribution in [3.63, 3.8) is 0 Å². The van der Waals surface area contributed by atoms with Crippen LogP contribution < -0.4 is 4.74 Å². The van der Waals surface area contributed by atoms with Crippen LogP contribution in [0.3, 0.4) is 0 Å². The second-order valence-electron chi connectivity index (χ2n) is 8.01. The summed E-state index contributed by atoms with van der Waals surface area (Å²) in [5, 5.41) is 4.41. The van der Waals surface area contributed by atoms with Crippen LogP contribution in [-0.4, -0.2) is 53.4 Å². The van der Waals surface area contributed by atoms with Gasteiger partial charge in [0.1, 0.15) is 5.75 Å². The Bertz CT molecular complexity index is 756. The molecular weight excluding hydrogens is 324 g/mol. The topological polar surface area (TPSA) is 33.5 Å². The Morgan fingerprint density at radius 2 is 2.19 bits per heavy atom. The summed E-state index contributed by atoms with van der Waals surface area (Å²) in [5.74, 6) is 1.71. The van der Waals surface area contributed by atoms with Gasteiger partial charge in [-0.1, -0.05) is 12.1 Å². The molecule has 5 heteroatoms. The van der Waals surface area contributed by atoms with Gasteiger partial charge in [-0.25, -0.2) is 0 Å². The number of aryl methyl sites for hydroxylation is 1.